The SMILES string of the molecule is c1nc(Nc2cnc[nH]2)c2sccc2n1. The smallest absolute Gasteiger partial charge is 0.152 e. The topological polar surface area (TPSA) is 66.5 Å². The van der Waals surface area contributed by atoms with Crippen LogP contribution in [0.1, 0.15) is 0 Å². The molecule has 0 spiro atoms. The Balaban J connectivity index is 2.07. The van der Waals surface area contributed by atoms with Crippen LogP contribution >= 0.6 is 11.3 Å². The summed E-state index contributed by atoms with van der Waals surface area (Å²) in [7, 11) is 0. The number of fused-ring (bicyclic) bond motifs is 1. The van der Waals surface area contributed by atoms with E-state index in [1.54, 1.807) is 30.2 Å². The van der Waals surface area contributed by atoms with Gasteiger partial charge in [0, 0.05) is 0 Å². The number of aromatic amines is 1. The Morgan fingerprint density at radius 2 is 2.33 bits per heavy atom. The van der Waals surface area contributed by atoms with Crippen molar-refractivity contribution < 1.29 is 0 Å². The summed E-state index contributed by atoms with van der Waals surface area (Å²) in [5.41, 5.74) is 0.956. The first-order chi connectivity index (χ1) is 7.43. The molecule has 3 rings (SSSR count). The van der Waals surface area contributed by atoms with Crippen LogP contribution in [0.15, 0.2) is 30.3 Å². The first-order valence-electron chi connectivity index (χ1n) is 4.37. The molecule has 0 aromatic carbocycles. The summed E-state index contributed by atoms with van der Waals surface area (Å²) < 4.78 is 1.05. The second-order valence-corrected chi connectivity index (χ2v) is 3.86. The minimum Gasteiger partial charge on any atom is -0.331 e. The summed E-state index contributed by atoms with van der Waals surface area (Å²) in [6.07, 6.45) is 4.88. The van der Waals surface area contributed by atoms with Crippen molar-refractivity contribution in [3.8, 4) is 0 Å². The highest BCUT2D eigenvalue weighted by Crippen LogP contribution is 2.26. The summed E-state index contributed by atoms with van der Waals surface area (Å²) in [5.74, 6) is 1.63. The van der Waals surface area contributed by atoms with Gasteiger partial charge >= 0.3 is 0 Å². The molecular weight excluding hydrogens is 210 g/mol. The zero-order valence-electron chi connectivity index (χ0n) is 7.64. The molecule has 0 bridgehead atoms. The average Bonchev–Trinajstić information content (AvgIpc) is 2.87. The molecule has 0 aliphatic carbocycles. The third-order valence-corrected chi connectivity index (χ3v) is 2.90. The Hall–Kier alpha value is -1.95. The van der Waals surface area contributed by atoms with Crippen molar-refractivity contribution in [1.29, 1.82) is 0 Å². The summed E-state index contributed by atoms with van der Waals surface area (Å²) in [4.78, 5) is 15.3. The molecule has 3 aromatic rings. The predicted octanol–water partition coefficient (Wildman–Crippen LogP) is 2.16. The number of thiophene rings is 1. The summed E-state index contributed by atoms with van der Waals surface area (Å²) >= 11 is 1.61. The Bertz CT molecular complexity index is 571. The zero-order chi connectivity index (χ0) is 10.1. The van der Waals surface area contributed by atoms with Crippen molar-refractivity contribution in [2.75, 3.05) is 5.32 Å². The molecule has 3 aromatic heterocycles. The molecule has 74 valence electrons. The standard InChI is InChI=1S/C9H7N5S/c1-2-15-8-6(1)11-5-13-9(8)14-7-3-10-4-12-7/h1-5H,(H,10,12)(H,11,13,14). The lowest BCUT2D eigenvalue weighted by atomic mass is 10.4. The van der Waals surface area contributed by atoms with Crippen molar-refractivity contribution >= 4 is 33.2 Å². The highest BCUT2D eigenvalue weighted by atomic mass is 32.1. The minimum absolute atomic E-state index is 0.805. The van der Waals surface area contributed by atoms with E-state index in [0.717, 1.165) is 21.9 Å². The number of H-pyrrole nitrogens is 1. The number of hydrogen-bond donors (Lipinski definition) is 2. The molecule has 0 atom stereocenters. The fraction of sp³-hybridized carbons (Fsp3) is 0. The highest BCUT2D eigenvalue weighted by molar-refractivity contribution is 7.17. The van der Waals surface area contributed by atoms with E-state index >= 15 is 0 Å². The largest absolute Gasteiger partial charge is 0.331 e. The van der Waals surface area contributed by atoms with Crippen LogP contribution in [0.5, 0.6) is 0 Å². The van der Waals surface area contributed by atoms with E-state index in [1.807, 2.05) is 11.4 Å². The summed E-state index contributed by atoms with van der Waals surface area (Å²) in [6.45, 7) is 0. The van der Waals surface area contributed by atoms with Crippen LogP contribution in [0.4, 0.5) is 11.6 Å². The molecule has 0 unspecified atom stereocenters. The average molecular weight is 217 g/mol. The Kier molecular flexibility index (Phi) is 1.85. The van der Waals surface area contributed by atoms with E-state index in [9.17, 15) is 0 Å². The molecule has 5 nitrogen and oxygen atoms in total. The summed E-state index contributed by atoms with van der Waals surface area (Å²) in [5, 5.41) is 5.15. The molecule has 15 heavy (non-hydrogen) atoms. The maximum absolute atomic E-state index is 4.19. The Labute approximate surface area is 89.2 Å². The van der Waals surface area contributed by atoms with E-state index < -0.39 is 0 Å². The predicted molar refractivity (Wildman–Crippen MR) is 59.3 cm³/mol. The van der Waals surface area contributed by atoms with Crippen LogP contribution in [0.3, 0.4) is 0 Å². The van der Waals surface area contributed by atoms with Gasteiger partial charge in [0.2, 0.25) is 0 Å². The lowest BCUT2D eigenvalue weighted by Gasteiger charge is -2.02. The second-order valence-electron chi connectivity index (χ2n) is 2.95. The van der Waals surface area contributed by atoms with E-state index in [2.05, 4.69) is 25.3 Å². The third kappa shape index (κ3) is 1.44. The van der Waals surface area contributed by atoms with Crippen LogP contribution in [0.2, 0.25) is 0 Å². The van der Waals surface area contributed by atoms with E-state index in [1.165, 1.54) is 0 Å². The summed E-state index contributed by atoms with van der Waals surface area (Å²) in [6, 6.07) is 1.97. The van der Waals surface area contributed by atoms with Crippen molar-refractivity contribution in [2.24, 2.45) is 0 Å². The van der Waals surface area contributed by atoms with E-state index in [-0.39, 0.29) is 0 Å². The van der Waals surface area contributed by atoms with Crippen molar-refractivity contribution in [2.45, 2.75) is 0 Å². The van der Waals surface area contributed by atoms with Crippen LogP contribution in [0.25, 0.3) is 10.2 Å². The van der Waals surface area contributed by atoms with Gasteiger partial charge in [-0.3, -0.25) is 0 Å². The lowest BCUT2D eigenvalue weighted by molar-refractivity contribution is 1.22. The molecule has 0 fully saturated rings. The van der Waals surface area contributed by atoms with Gasteiger partial charge in [-0.15, -0.1) is 11.3 Å². The maximum Gasteiger partial charge on any atom is 0.152 e. The van der Waals surface area contributed by atoms with Gasteiger partial charge in [-0.1, -0.05) is 0 Å². The van der Waals surface area contributed by atoms with Gasteiger partial charge in [-0.05, 0) is 11.4 Å². The fourth-order valence-corrected chi connectivity index (χ4v) is 2.12. The van der Waals surface area contributed by atoms with Crippen LogP contribution in [0, 0.1) is 0 Å². The molecule has 0 aliphatic rings. The molecule has 6 heteroatoms. The van der Waals surface area contributed by atoms with E-state index in [4.69, 9.17) is 0 Å². The minimum atomic E-state index is 0.805. The van der Waals surface area contributed by atoms with E-state index in [0.29, 0.717) is 0 Å². The Morgan fingerprint density at radius 1 is 1.33 bits per heavy atom. The molecule has 0 aliphatic heterocycles. The zero-order valence-corrected chi connectivity index (χ0v) is 8.45. The number of imidazole rings is 1. The maximum atomic E-state index is 4.19. The van der Waals surface area contributed by atoms with Gasteiger partial charge in [0.05, 0.1) is 22.7 Å². The van der Waals surface area contributed by atoms with Gasteiger partial charge in [0.25, 0.3) is 0 Å². The van der Waals surface area contributed by atoms with Crippen LogP contribution in [-0.4, -0.2) is 19.9 Å². The number of nitrogens with one attached hydrogen (secondary N) is 2. The first kappa shape index (κ1) is 8.37. The monoisotopic (exact) mass is 217 g/mol. The normalized spacial score (nSPS) is 10.7. The van der Waals surface area contributed by atoms with Gasteiger partial charge in [0.1, 0.15) is 12.1 Å². The van der Waals surface area contributed by atoms with Crippen molar-refractivity contribution in [3.63, 3.8) is 0 Å². The molecule has 0 radical (unpaired) electrons. The third-order valence-electron chi connectivity index (χ3n) is 1.99. The lowest BCUT2D eigenvalue weighted by Crippen LogP contribution is -1.94. The van der Waals surface area contributed by atoms with Crippen LogP contribution < -0.4 is 5.32 Å². The first-order valence-corrected chi connectivity index (χ1v) is 5.25. The van der Waals surface area contributed by atoms with Crippen LogP contribution in [-0.2, 0) is 0 Å². The molecular formula is C9H7N5S. The number of rotatable bonds is 2. The van der Waals surface area contributed by atoms with Gasteiger partial charge in [0.15, 0.2) is 5.82 Å². The molecule has 3 heterocycles. The number of anilines is 2. The quantitative estimate of drug-likeness (QED) is 0.690. The number of nitrogens with zero attached hydrogens (tertiary/aromatic N) is 3. The number of aromatic nitrogens is 4. The molecule has 0 amide bonds. The van der Waals surface area contributed by atoms with Crippen molar-refractivity contribution in [1.82, 2.24) is 19.9 Å². The molecule has 0 saturated carbocycles. The van der Waals surface area contributed by atoms with Crippen molar-refractivity contribution in [3.05, 3.63) is 30.3 Å². The van der Waals surface area contributed by atoms with Gasteiger partial charge < -0.3 is 10.3 Å². The molecule has 2 N–H and O–H groups in total. The second kappa shape index (κ2) is 3.32. The number of hydrogen-bond acceptors (Lipinski definition) is 5. The molecule has 0 saturated heterocycles. The fourth-order valence-electron chi connectivity index (χ4n) is 1.33. The highest BCUT2D eigenvalue weighted by Gasteiger charge is 2.04. The Morgan fingerprint density at radius 3 is 3.20 bits per heavy atom. The van der Waals surface area contributed by atoms with Gasteiger partial charge in [-0.2, -0.15) is 0 Å². The van der Waals surface area contributed by atoms with Gasteiger partial charge in [-0.25, -0.2) is 15.0 Å².